The van der Waals surface area contributed by atoms with Crippen LogP contribution in [0.25, 0.3) is 0 Å². The number of hydrogen-bond acceptors (Lipinski definition) is 2. The lowest BCUT2D eigenvalue weighted by Crippen LogP contribution is -2.29. The van der Waals surface area contributed by atoms with Gasteiger partial charge in [-0.3, -0.25) is 0 Å². The summed E-state index contributed by atoms with van der Waals surface area (Å²) in [6, 6.07) is 6.23. The molecule has 1 N–H and O–H groups in total. The third-order valence-electron chi connectivity index (χ3n) is 2.53. The van der Waals surface area contributed by atoms with Gasteiger partial charge in [0.1, 0.15) is 0 Å². The minimum atomic E-state index is 0.103. The van der Waals surface area contributed by atoms with Crippen LogP contribution >= 0.6 is 0 Å². The van der Waals surface area contributed by atoms with Crippen molar-refractivity contribution in [3.05, 3.63) is 29.3 Å². The summed E-state index contributed by atoms with van der Waals surface area (Å²) in [5.74, 6) is 0. The third-order valence-corrected chi connectivity index (χ3v) is 2.53. The highest BCUT2D eigenvalue weighted by Crippen LogP contribution is 2.24. The van der Waals surface area contributed by atoms with Crippen LogP contribution in [0, 0.1) is 12.3 Å². The summed E-state index contributed by atoms with van der Waals surface area (Å²) in [5, 5.41) is 9.36. The Labute approximate surface area is 98.9 Å². The Bertz CT molecular complexity index is 352. The highest BCUT2D eigenvalue weighted by Gasteiger charge is 2.15. The van der Waals surface area contributed by atoms with Crippen LogP contribution in [0.4, 0.5) is 5.69 Å². The summed E-state index contributed by atoms with van der Waals surface area (Å²) in [7, 11) is 2.08. The molecular weight excluding hydrogens is 198 g/mol. The van der Waals surface area contributed by atoms with Crippen molar-refractivity contribution in [1.29, 1.82) is 0 Å². The van der Waals surface area contributed by atoms with E-state index in [4.69, 9.17) is 0 Å². The highest BCUT2D eigenvalue weighted by atomic mass is 16.3. The van der Waals surface area contributed by atoms with Crippen molar-refractivity contribution in [2.24, 2.45) is 5.41 Å². The summed E-state index contributed by atoms with van der Waals surface area (Å²) < 4.78 is 0. The van der Waals surface area contributed by atoms with E-state index in [1.54, 1.807) is 0 Å². The van der Waals surface area contributed by atoms with Gasteiger partial charge in [-0.2, -0.15) is 0 Å². The van der Waals surface area contributed by atoms with Crippen molar-refractivity contribution in [2.45, 2.75) is 34.3 Å². The zero-order valence-corrected chi connectivity index (χ0v) is 11.0. The largest absolute Gasteiger partial charge is 0.392 e. The van der Waals surface area contributed by atoms with Gasteiger partial charge in [0.25, 0.3) is 0 Å². The van der Waals surface area contributed by atoms with Crippen molar-refractivity contribution in [3.63, 3.8) is 0 Å². The molecule has 1 aromatic rings. The molecule has 0 spiro atoms. The van der Waals surface area contributed by atoms with E-state index in [-0.39, 0.29) is 12.0 Å². The normalized spacial score (nSPS) is 11.6. The van der Waals surface area contributed by atoms with Crippen LogP contribution in [0.15, 0.2) is 18.2 Å². The van der Waals surface area contributed by atoms with Gasteiger partial charge in [0.05, 0.1) is 6.61 Å². The first-order valence-electron chi connectivity index (χ1n) is 5.75. The number of hydrogen-bond donors (Lipinski definition) is 1. The molecule has 0 unspecified atom stereocenters. The molecule has 0 aliphatic heterocycles. The Morgan fingerprint density at radius 1 is 1.25 bits per heavy atom. The van der Waals surface area contributed by atoms with Crippen LogP contribution in [0.5, 0.6) is 0 Å². The molecule has 0 atom stereocenters. The molecule has 0 aliphatic carbocycles. The van der Waals surface area contributed by atoms with Crippen molar-refractivity contribution >= 4 is 5.69 Å². The Balaban J connectivity index is 2.94. The van der Waals surface area contributed by atoms with E-state index < -0.39 is 0 Å². The summed E-state index contributed by atoms with van der Waals surface area (Å²) in [4.78, 5) is 2.21. The van der Waals surface area contributed by atoms with Gasteiger partial charge < -0.3 is 10.0 Å². The van der Waals surface area contributed by atoms with Gasteiger partial charge in [0.15, 0.2) is 0 Å². The fourth-order valence-electron chi connectivity index (χ4n) is 2.01. The second-order valence-electron chi connectivity index (χ2n) is 5.71. The van der Waals surface area contributed by atoms with Gasteiger partial charge in [-0.25, -0.2) is 0 Å². The topological polar surface area (TPSA) is 23.5 Å². The van der Waals surface area contributed by atoms with Gasteiger partial charge in [-0.15, -0.1) is 0 Å². The zero-order valence-electron chi connectivity index (χ0n) is 11.0. The standard InChI is InChI=1S/C14H23NO/c1-11-6-7-13(12(8-11)9-16)15(5)10-14(2,3)4/h6-8,16H,9-10H2,1-5H3. The lowest BCUT2D eigenvalue weighted by atomic mass is 9.95. The van der Waals surface area contributed by atoms with E-state index in [0.29, 0.717) is 0 Å². The van der Waals surface area contributed by atoms with Crippen LogP contribution in [-0.4, -0.2) is 18.7 Å². The van der Waals surface area contributed by atoms with Crippen molar-refractivity contribution in [3.8, 4) is 0 Å². The van der Waals surface area contributed by atoms with Gasteiger partial charge in [-0.1, -0.05) is 38.5 Å². The minimum Gasteiger partial charge on any atom is -0.392 e. The Hall–Kier alpha value is -1.02. The average Bonchev–Trinajstić information content (AvgIpc) is 2.14. The van der Waals surface area contributed by atoms with Gasteiger partial charge in [0, 0.05) is 24.8 Å². The maximum Gasteiger partial charge on any atom is 0.0702 e. The van der Waals surface area contributed by atoms with Gasteiger partial charge in [-0.05, 0) is 18.4 Å². The lowest BCUT2D eigenvalue weighted by Gasteiger charge is -2.29. The minimum absolute atomic E-state index is 0.103. The molecule has 0 saturated heterocycles. The predicted octanol–water partition coefficient (Wildman–Crippen LogP) is 2.97. The molecule has 1 aromatic carbocycles. The molecule has 1 rings (SSSR count). The molecule has 0 aromatic heterocycles. The molecule has 0 saturated carbocycles. The predicted molar refractivity (Wildman–Crippen MR) is 69.8 cm³/mol. The van der Waals surface area contributed by atoms with Gasteiger partial charge >= 0.3 is 0 Å². The third kappa shape index (κ3) is 3.53. The summed E-state index contributed by atoms with van der Waals surface area (Å²) in [6.07, 6.45) is 0. The molecule has 90 valence electrons. The number of aryl methyl sites for hydroxylation is 1. The number of anilines is 1. The maximum atomic E-state index is 9.36. The van der Waals surface area contributed by atoms with E-state index in [9.17, 15) is 5.11 Å². The van der Waals surface area contributed by atoms with Crippen LogP contribution in [0.2, 0.25) is 0 Å². The molecule has 0 aliphatic rings. The fraction of sp³-hybridized carbons (Fsp3) is 0.571. The Kier molecular flexibility index (Phi) is 3.98. The first-order valence-corrected chi connectivity index (χ1v) is 5.75. The smallest absolute Gasteiger partial charge is 0.0702 e. The molecule has 0 bridgehead atoms. The molecule has 2 nitrogen and oxygen atoms in total. The number of benzene rings is 1. The molecular formula is C14H23NO. The monoisotopic (exact) mass is 221 g/mol. The fourth-order valence-corrected chi connectivity index (χ4v) is 2.01. The molecule has 16 heavy (non-hydrogen) atoms. The van der Waals surface area contributed by atoms with Crippen LogP contribution in [0.3, 0.4) is 0 Å². The molecule has 0 amide bonds. The number of rotatable bonds is 3. The first-order chi connectivity index (χ1) is 7.33. The van der Waals surface area contributed by atoms with Crippen LogP contribution in [0.1, 0.15) is 31.9 Å². The summed E-state index contributed by atoms with van der Waals surface area (Å²) >= 11 is 0. The average molecular weight is 221 g/mol. The highest BCUT2D eigenvalue weighted by molar-refractivity contribution is 5.54. The Morgan fingerprint density at radius 3 is 2.38 bits per heavy atom. The van der Waals surface area contributed by atoms with E-state index in [0.717, 1.165) is 17.8 Å². The zero-order chi connectivity index (χ0) is 12.3. The van der Waals surface area contributed by atoms with Crippen LogP contribution < -0.4 is 4.90 Å². The summed E-state index contributed by atoms with van der Waals surface area (Å²) in [5.41, 5.74) is 3.58. The van der Waals surface area contributed by atoms with Crippen molar-refractivity contribution < 1.29 is 5.11 Å². The number of nitrogens with zero attached hydrogens (tertiary/aromatic N) is 1. The second-order valence-corrected chi connectivity index (χ2v) is 5.71. The van der Waals surface area contributed by atoms with Gasteiger partial charge in [0.2, 0.25) is 0 Å². The van der Waals surface area contributed by atoms with Crippen LogP contribution in [-0.2, 0) is 6.61 Å². The summed E-state index contributed by atoms with van der Waals surface area (Å²) in [6.45, 7) is 9.78. The maximum absolute atomic E-state index is 9.36. The van der Waals surface area contributed by atoms with E-state index in [1.165, 1.54) is 5.56 Å². The first kappa shape index (κ1) is 13.0. The quantitative estimate of drug-likeness (QED) is 0.848. The lowest BCUT2D eigenvalue weighted by molar-refractivity contribution is 0.281. The second kappa shape index (κ2) is 4.88. The molecule has 0 heterocycles. The molecule has 0 radical (unpaired) electrons. The molecule has 2 heteroatoms. The Morgan fingerprint density at radius 2 is 1.88 bits per heavy atom. The molecule has 0 fully saturated rings. The van der Waals surface area contributed by atoms with Crippen molar-refractivity contribution in [2.75, 3.05) is 18.5 Å². The van der Waals surface area contributed by atoms with E-state index >= 15 is 0 Å². The SMILES string of the molecule is Cc1ccc(N(C)CC(C)(C)C)c(CO)c1. The van der Waals surface area contributed by atoms with E-state index in [2.05, 4.69) is 50.9 Å². The van der Waals surface area contributed by atoms with E-state index in [1.807, 2.05) is 6.92 Å². The van der Waals surface area contributed by atoms with Crippen molar-refractivity contribution in [1.82, 2.24) is 0 Å². The number of aliphatic hydroxyl groups is 1. The number of aliphatic hydroxyl groups excluding tert-OH is 1.